The topological polar surface area (TPSA) is 95.1 Å². The molecular formula is C12H21N3O3S. The van der Waals surface area contributed by atoms with Gasteiger partial charge in [0.05, 0.1) is 6.61 Å². The highest BCUT2D eigenvalue weighted by Gasteiger charge is 2.30. The van der Waals surface area contributed by atoms with Gasteiger partial charge in [0, 0.05) is 17.3 Å². The summed E-state index contributed by atoms with van der Waals surface area (Å²) in [6, 6.07) is -0.0546. The molecule has 1 aromatic rings. The van der Waals surface area contributed by atoms with Crippen LogP contribution in [0.3, 0.4) is 0 Å². The average Bonchev–Trinajstić information content (AvgIpc) is 3.08. The molecule has 19 heavy (non-hydrogen) atoms. The number of nitrogens with one attached hydrogen (secondary N) is 2. The molecule has 1 unspecified atom stereocenters. The van der Waals surface area contributed by atoms with Crippen LogP contribution in [0.15, 0.2) is 5.03 Å². The normalized spacial score (nSPS) is 17.6. The van der Waals surface area contributed by atoms with E-state index >= 15 is 0 Å². The number of aromatic nitrogens is 2. The van der Waals surface area contributed by atoms with Gasteiger partial charge in [-0.1, -0.05) is 19.8 Å². The molecule has 1 aliphatic rings. The van der Waals surface area contributed by atoms with Crippen LogP contribution < -0.4 is 4.72 Å². The van der Waals surface area contributed by atoms with Gasteiger partial charge in [0.15, 0.2) is 5.03 Å². The third kappa shape index (κ3) is 3.34. The molecule has 0 aliphatic heterocycles. The van der Waals surface area contributed by atoms with Gasteiger partial charge in [0.25, 0.3) is 10.0 Å². The van der Waals surface area contributed by atoms with Gasteiger partial charge in [0.1, 0.15) is 0 Å². The van der Waals surface area contributed by atoms with Crippen molar-refractivity contribution >= 4 is 10.0 Å². The highest BCUT2D eigenvalue weighted by Crippen LogP contribution is 2.34. The molecule has 7 heteroatoms. The monoisotopic (exact) mass is 287 g/mol. The SMILES string of the molecule is CCC(CC1CC1)NS(=O)(=O)c1n[nH]c(C)c1CO. The fourth-order valence-electron chi connectivity index (χ4n) is 2.17. The van der Waals surface area contributed by atoms with Crippen molar-refractivity contribution in [1.29, 1.82) is 0 Å². The van der Waals surface area contributed by atoms with Crippen molar-refractivity contribution in [2.45, 2.75) is 57.2 Å². The summed E-state index contributed by atoms with van der Waals surface area (Å²) in [5, 5.41) is 15.6. The van der Waals surface area contributed by atoms with E-state index in [2.05, 4.69) is 14.9 Å². The van der Waals surface area contributed by atoms with Gasteiger partial charge in [-0.15, -0.1) is 0 Å². The van der Waals surface area contributed by atoms with Crippen LogP contribution in [0.4, 0.5) is 0 Å². The zero-order chi connectivity index (χ0) is 14.0. The smallest absolute Gasteiger partial charge is 0.260 e. The first-order chi connectivity index (χ1) is 8.97. The van der Waals surface area contributed by atoms with Gasteiger partial charge in [-0.25, -0.2) is 13.1 Å². The molecule has 3 N–H and O–H groups in total. The second-order valence-electron chi connectivity index (χ2n) is 5.20. The number of aromatic amines is 1. The Hall–Kier alpha value is -0.920. The summed E-state index contributed by atoms with van der Waals surface area (Å²) in [6.07, 6.45) is 4.03. The average molecular weight is 287 g/mol. The number of aliphatic hydroxyl groups is 1. The lowest BCUT2D eigenvalue weighted by Gasteiger charge is -2.16. The summed E-state index contributed by atoms with van der Waals surface area (Å²) in [4.78, 5) is 0. The van der Waals surface area contributed by atoms with Crippen LogP contribution in [-0.4, -0.2) is 29.8 Å². The van der Waals surface area contributed by atoms with Gasteiger partial charge in [-0.05, 0) is 25.7 Å². The largest absolute Gasteiger partial charge is 0.392 e. The number of sulfonamides is 1. The quantitative estimate of drug-likeness (QED) is 0.699. The Morgan fingerprint density at radius 2 is 2.21 bits per heavy atom. The van der Waals surface area contributed by atoms with Gasteiger partial charge < -0.3 is 5.11 Å². The first-order valence-corrected chi connectivity index (χ1v) is 8.13. The van der Waals surface area contributed by atoms with Crippen LogP contribution >= 0.6 is 0 Å². The Morgan fingerprint density at radius 3 is 2.74 bits per heavy atom. The molecule has 108 valence electrons. The van der Waals surface area contributed by atoms with Crippen molar-refractivity contribution in [3.8, 4) is 0 Å². The molecule has 1 fully saturated rings. The predicted molar refractivity (Wildman–Crippen MR) is 71.0 cm³/mol. The van der Waals surface area contributed by atoms with Gasteiger partial charge >= 0.3 is 0 Å². The second-order valence-corrected chi connectivity index (χ2v) is 6.83. The highest BCUT2D eigenvalue weighted by atomic mass is 32.2. The van der Waals surface area contributed by atoms with E-state index in [1.807, 2.05) is 6.92 Å². The van der Waals surface area contributed by atoms with Crippen molar-refractivity contribution in [3.05, 3.63) is 11.3 Å². The summed E-state index contributed by atoms with van der Waals surface area (Å²) in [5.41, 5.74) is 0.923. The van der Waals surface area contributed by atoms with Crippen LogP contribution in [0, 0.1) is 12.8 Å². The molecule has 1 saturated carbocycles. The molecule has 2 rings (SSSR count). The van der Waals surface area contributed by atoms with Gasteiger partial charge in [-0.3, -0.25) is 5.10 Å². The molecule has 0 spiro atoms. The molecule has 1 aromatic heterocycles. The van der Waals surface area contributed by atoms with E-state index in [9.17, 15) is 13.5 Å². The minimum atomic E-state index is -3.66. The lowest BCUT2D eigenvalue weighted by atomic mass is 10.1. The zero-order valence-electron chi connectivity index (χ0n) is 11.3. The molecule has 0 radical (unpaired) electrons. The van der Waals surface area contributed by atoms with E-state index in [-0.39, 0.29) is 17.7 Å². The molecule has 0 aromatic carbocycles. The highest BCUT2D eigenvalue weighted by molar-refractivity contribution is 7.89. The Labute approximate surface area is 113 Å². The fourth-order valence-corrected chi connectivity index (χ4v) is 3.69. The minimum Gasteiger partial charge on any atom is -0.392 e. The van der Waals surface area contributed by atoms with E-state index in [0.717, 1.165) is 12.8 Å². The number of rotatable bonds is 7. The number of hydrogen-bond donors (Lipinski definition) is 3. The van der Waals surface area contributed by atoms with Crippen LogP contribution in [0.2, 0.25) is 0 Å². The summed E-state index contributed by atoms with van der Waals surface area (Å²) in [6.45, 7) is 3.33. The predicted octanol–water partition coefficient (Wildman–Crippen LogP) is 1.07. The third-order valence-corrected chi connectivity index (χ3v) is 5.07. The molecule has 0 saturated heterocycles. The summed E-state index contributed by atoms with van der Waals surface area (Å²) in [7, 11) is -3.66. The van der Waals surface area contributed by atoms with E-state index < -0.39 is 10.0 Å². The number of aryl methyl sites for hydroxylation is 1. The van der Waals surface area contributed by atoms with E-state index in [4.69, 9.17) is 0 Å². The molecule has 0 amide bonds. The lowest BCUT2D eigenvalue weighted by molar-refractivity contribution is 0.277. The molecule has 1 heterocycles. The second kappa shape index (κ2) is 5.60. The van der Waals surface area contributed by atoms with E-state index in [1.165, 1.54) is 12.8 Å². The van der Waals surface area contributed by atoms with E-state index in [0.29, 0.717) is 17.2 Å². The van der Waals surface area contributed by atoms with Crippen LogP contribution in [-0.2, 0) is 16.6 Å². The standard InChI is InChI=1S/C12H21N3O3S/c1-3-10(6-9-4-5-9)15-19(17,18)12-11(7-16)8(2)13-14-12/h9-10,15-16H,3-7H2,1-2H3,(H,13,14). The Kier molecular flexibility index (Phi) is 4.27. The van der Waals surface area contributed by atoms with Crippen molar-refractivity contribution in [1.82, 2.24) is 14.9 Å². The van der Waals surface area contributed by atoms with Gasteiger partial charge in [0.2, 0.25) is 0 Å². The van der Waals surface area contributed by atoms with Crippen molar-refractivity contribution in [2.75, 3.05) is 0 Å². The van der Waals surface area contributed by atoms with Crippen molar-refractivity contribution in [3.63, 3.8) is 0 Å². The van der Waals surface area contributed by atoms with Crippen molar-refractivity contribution in [2.24, 2.45) is 5.92 Å². The molecule has 1 aliphatic carbocycles. The fraction of sp³-hybridized carbons (Fsp3) is 0.750. The Bertz CT molecular complexity index is 534. The Morgan fingerprint density at radius 1 is 1.53 bits per heavy atom. The summed E-state index contributed by atoms with van der Waals surface area (Å²) in [5.74, 6) is 0.658. The zero-order valence-corrected chi connectivity index (χ0v) is 12.1. The molecule has 6 nitrogen and oxygen atoms in total. The number of aliphatic hydroxyl groups excluding tert-OH is 1. The Balaban J connectivity index is 2.15. The molecule has 0 bridgehead atoms. The maximum atomic E-state index is 12.3. The van der Waals surface area contributed by atoms with E-state index in [1.54, 1.807) is 6.92 Å². The lowest BCUT2D eigenvalue weighted by Crippen LogP contribution is -2.35. The summed E-state index contributed by atoms with van der Waals surface area (Å²) >= 11 is 0. The van der Waals surface area contributed by atoms with Crippen LogP contribution in [0.25, 0.3) is 0 Å². The minimum absolute atomic E-state index is 0.0546. The molecular weight excluding hydrogens is 266 g/mol. The number of H-pyrrole nitrogens is 1. The number of hydrogen-bond acceptors (Lipinski definition) is 4. The molecule has 1 atom stereocenters. The first-order valence-electron chi connectivity index (χ1n) is 6.65. The maximum absolute atomic E-state index is 12.3. The van der Waals surface area contributed by atoms with Crippen LogP contribution in [0.5, 0.6) is 0 Å². The summed E-state index contributed by atoms with van der Waals surface area (Å²) < 4.78 is 27.3. The maximum Gasteiger partial charge on any atom is 0.260 e. The van der Waals surface area contributed by atoms with Gasteiger partial charge in [-0.2, -0.15) is 5.10 Å². The third-order valence-electron chi connectivity index (χ3n) is 3.58. The first kappa shape index (κ1) is 14.5. The number of nitrogens with zero attached hydrogens (tertiary/aromatic N) is 1. The van der Waals surface area contributed by atoms with Crippen LogP contribution in [0.1, 0.15) is 43.9 Å². The van der Waals surface area contributed by atoms with Crippen molar-refractivity contribution < 1.29 is 13.5 Å².